The highest BCUT2D eigenvalue weighted by molar-refractivity contribution is 5.95. The molecule has 0 aliphatic carbocycles. The molecular formula is C31H47N5O5. The summed E-state index contributed by atoms with van der Waals surface area (Å²) in [6.45, 7) is 13.5. The smallest absolute Gasteiger partial charge is 0.419 e. The van der Waals surface area contributed by atoms with Gasteiger partial charge in [-0.15, -0.1) is 0 Å². The zero-order valence-corrected chi connectivity index (χ0v) is 25.8. The van der Waals surface area contributed by atoms with Crippen molar-refractivity contribution in [2.45, 2.75) is 104 Å². The van der Waals surface area contributed by atoms with E-state index in [1.807, 2.05) is 47.6 Å². The highest BCUT2D eigenvalue weighted by Gasteiger charge is 2.31. The molecule has 2 aromatic heterocycles. The Morgan fingerprint density at radius 1 is 0.951 bits per heavy atom. The number of likely N-dealkylation sites (tertiary alicyclic amines) is 2. The van der Waals surface area contributed by atoms with Gasteiger partial charge in [-0.1, -0.05) is 0 Å². The maximum absolute atomic E-state index is 13.3. The minimum Gasteiger partial charge on any atom is -0.444 e. The summed E-state index contributed by atoms with van der Waals surface area (Å²) in [5.41, 5.74) is 0.436. The normalized spacial score (nSPS) is 19.0. The summed E-state index contributed by atoms with van der Waals surface area (Å²) in [5, 5.41) is 3.76. The van der Waals surface area contributed by atoms with E-state index >= 15 is 0 Å². The summed E-state index contributed by atoms with van der Waals surface area (Å²) in [4.78, 5) is 47.0. The molecule has 1 N–H and O–H groups in total. The molecule has 2 aromatic rings. The number of fused-ring (bicyclic) bond motifs is 1. The molecule has 1 atom stereocenters. The Labute approximate surface area is 243 Å². The van der Waals surface area contributed by atoms with Crippen molar-refractivity contribution >= 4 is 34.8 Å². The minimum absolute atomic E-state index is 0.103. The van der Waals surface area contributed by atoms with E-state index in [0.29, 0.717) is 36.8 Å². The van der Waals surface area contributed by atoms with Crippen LogP contribution in [0.1, 0.15) is 98.2 Å². The van der Waals surface area contributed by atoms with Crippen molar-refractivity contribution in [3.63, 3.8) is 0 Å². The zero-order chi connectivity index (χ0) is 29.9. The van der Waals surface area contributed by atoms with Crippen LogP contribution in [0, 0.1) is 5.92 Å². The number of aromatic nitrogens is 2. The van der Waals surface area contributed by atoms with Gasteiger partial charge in [-0.05, 0) is 106 Å². The number of nitrogens with one attached hydrogen (secondary N) is 1. The van der Waals surface area contributed by atoms with Gasteiger partial charge in [-0.25, -0.2) is 19.1 Å². The maximum atomic E-state index is 13.3. The predicted molar refractivity (Wildman–Crippen MR) is 159 cm³/mol. The van der Waals surface area contributed by atoms with Gasteiger partial charge in [0.15, 0.2) is 0 Å². The SMILES string of the molecule is CN1CCC[C@@H]1c1cc2cnc(NC(=O)CCCC3CCN(C(=O)OC(C)(C)C)CC3)cc2n1C(=O)OC(C)(C)C. The summed E-state index contributed by atoms with van der Waals surface area (Å²) in [6.07, 6.45) is 6.98. The number of piperidine rings is 1. The number of carbonyl (C=O) groups excluding carboxylic acids is 3. The van der Waals surface area contributed by atoms with E-state index in [-0.39, 0.29) is 18.0 Å². The molecule has 0 radical (unpaired) electrons. The number of hydrogen-bond acceptors (Lipinski definition) is 7. The topological polar surface area (TPSA) is 106 Å². The first kappa shape index (κ1) is 30.8. The highest BCUT2D eigenvalue weighted by Crippen LogP contribution is 2.35. The van der Waals surface area contributed by atoms with E-state index in [0.717, 1.165) is 56.1 Å². The van der Waals surface area contributed by atoms with E-state index in [1.54, 1.807) is 21.7 Å². The summed E-state index contributed by atoms with van der Waals surface area (Å²) in [7, 11) is 2.07. The summed E-state index contributed by atoms with van der Waals surface area (Å²) < 4.78 is 12.9. The van der Waals surface area contributed by atoms with Crippen LogP contribution in [0.25, 0.3) is 10.9 Å². The van der Waals surface area contributed by atoms with Crippen LogP contribution in [-0.4, -0.2) is 75.3 Å². The monoisotopic (exact) mass is 569 g/mol. The van der Waals surface area contributed by atoms with Gasteiger partial charge in [-0.3, -0.25) is 9.69 Å². The highest BCUT2D eigenvalue weighted by atomic mass is 16.6. The molecule has 2 aliphatic rings. The Morgan fingerprint density at radius 3 is 2.22 bits per heavy atom. The Balaban J connectivity index is 1.36. The van der Waals surface area contributed by atoms with Crippen molar-refractivity contribution in [1.29, 1.82) is 0 Å². The minimum atomic E-state index is -0.636. The molecule has 4 heterocycles. The lowest BCUT2D eigenvalue weighted by Gasteiger charge is -2.33. The average molecular weight is 570 g/mol. The van der Waals surface area contributed by atoms with Crippen LogP contribution in [0.3, 0.4) is 0 Å². The number of rotatable bonds is 6. The number of amides is 2. The van der Waals surface area contributed by atoms with Crippen LogP contribution >= 0.6 is 0 Å². The first-order chi connectivity index (χ1) is 19.2. The van der Waals surface area contributed by atoms with E-state index in [1.165, 1.54) is 0 Å². The quantitative estimate of drug-likeness (QED) is 0.433. The van der Waals surface area contributed by atoms with Gasteiger partial charge in [-0.2, -0.15) is 0 Å². The van der Waals surface area contributed by atoms with Crippen molar-refractivity contribution in [2.75, 3.05) is 32.0 Å². The summed E-state index contributed by atoms with van der Waals surface area (Å²) in [5.74, 6) is 0.803. The fourth-order valence-corrected chi connectivity index (χ4v) is 5.72. The molecule has 41 heavy (non-hydrogen) atoms. The molecule has 2 saturated heterocycles. The number of anilines is 1. The van der Waals surface area contributed by atoms with E-state index < -0.39 is 17.3 Å². The average Bonchev–Trinajstić information content (AvgIpc) is 3.45. The molecule has 0 unspecified atom stereocenters. The third kappa shape index (κ3) is 8.21. The number of nitrogens with zero attached hydrogens (tertiary/aromatic N) is 4. The lowest BCUT2D eigenvalue weighted by Crippen LogP contribution is -2.41. The van der Waals surface area contributed by atoms with Crippen LogP contribution < -0.4 is 5.32 Å². The van der Waals surface area contributed by atoms with Gasteiger partial charge in [0.2, 0.25) is 5.91 Å². The van der Waals surface area contributed by atoms with Crippen molar-refractivity contribution in [3.8, 4) is 0 Å². The van der Waals surface area contributed by atoms with E-state index in [9.17, 15) is 14.4 Å². The molecule has 0 saturated carbocycles. The zero-order valence-electron chi connectivity index (χ0n) is 25.8. The fraction of sp³-hybridized carbons (Fsp3) is 0.677. The van der Waals surface area contributed by atoms with Gasteiger partial charge >= 0.3 is 12.2 Å². The first-order valence-corrected chi connectivity index (χ1v) is 14.9. The molecule has 226 valence electrons. The van der Waals surface area contributed by atoms with Gasteiger partial charge in [0.1, 0.15) is 17.0 Å². The second-order valence-corrected chi connectivity index (χ2v) is 13.5. The maximum Gasteiger partial charge on any atom is 0.419 e. The molecule has 0 spiro atoms. The Hall–Kier alpha value is -3.14. The molecule has 2 aliphatic heterocycles. The number of carbonyl (C=O) groups is 3. The van der Waals surface area contributed by atoms with Gasteiger partial charge in [0, 0.05) is 42.9 Å². The van der Waals surface area contributed by atoms with Gasteiger partial charge in [0.05, 0.1) is 11.6 Å². The fourth-order valence-electron chi connectivity index (χ4n) is 5.72. The van der Waals surface area contributed by atoms with E-state index in [4.69, 9.17) is 9.47 Å². The first-order valence-electron chi connectivity index (χ1n) is 14.9. The standard InChI is InChI=1S/C31H47N5O5/c1-30(2,3)40-28(38)35-16-13-21(14-17-35)10-8-12-27(37)33-26-19-24-22(20-32-26)18-25(23-11-9-15-34(23)7)36(24)29(39)41-31(4,5)6/h18-21,23H,8-17H2,1-7H3,(H,32,33,37)/t23-/m1/s1. The molecule has 2 fully saturated rings. The predicted octanol–water partition coefficient (Wildman–Crippen LogP) is 6.34. The molecule has 0 bridgehead atoms. The third-order valence-corrected chi connectivity index (χ3v) is 7.70. The summed E-state index contributed by atoms with van der Waals surface area (Å²) in [6, 6.07) is 3.89. The van der Waals surface area contributed by atoms with Crippen LogP contribution in [0.4, 0.5) is 15.4 Å². The van der Waals surface area contributed by atoms with Crippen LogP contribution in [0.5, 0.6) is 0 Å². The van der Waals surface area contributed by atoms with Crippen molar-refractivity contribution in [2.24, 2.45) is 5.92 Å². The van der Waals surface area contributed by atoms with Crippen molar-refractivity contribution in [1.82, 2.24) is 19.4 Å². The van der Waals surface area contributed by atoms with Gasteiger partial charge in [0.25, 0.3) is 0 Å². The van der Waals surface area contributed by atoms with Crippen LogP contribution in [0.15, 0.2) is 18.3 Å². The molecule has 4 rings (SSSR count). The molecule has 2 amide bonds. The lowest BCUT2D eigenvalue weighted by molar-refractivity contribution is -0.116. The number of pyridine rings is 1. The number of ether oxygens (including phenoxy) is 2. The Kier molecular flexibility index (Phi) is 9.31. The second kappa shape index (κ2) is 12.4. The third-order valence-electron chi connectivity index (χ3n) is 7.70. The number of hydrogen-bond donors (Lipinski definition) is 1. The molecule has 0 aromatic carbocycles. The second-order valence-electron chi connectivity index (χ2n) is 13.5. The van der Waals surface area contributed by atoms with Crippen LogP contribution in [-0.2, 0) is 14.3 Å². The molecule has 10 nitrogen and oxygen atoms in total. The van der Waals surface area contributed by atoms with Crippen molar-refractivity contribution in [3.05, 3.63) is 24.0 Å². The van der Waals surface area contributed by atoms with Gasteiger partial charge < -0.3 is 19.7 Å². The largest absolute Gasteiger partial charge is 0.444 e. The van der Waals surface area contributed by atoms with Crippen molar-refractivity contribution < 1.29 is 23.9 Å². The van der Waals surface area contributed by atoms with Crippen LogP contribution in [0.2, 0.25) is 0 Å². The van der Waals surface area contributed by atoms with E-state index in [2.05, 4.69) is 22.2 Å². The Bertz CT molecular complexity index is 1250. The molecule has 10 heteroatoms. The summed E-state index contributed by atoms with van der Waals surface area (Å²) >= 11 is 0. The lowest BCUT2D eigenvalue weighted by atomic mass is 9.91. The Morgan fingerprint density at radius 2 is 1.61 bits per heavy atom. The molecular weight excluding hydrogens is 522 g/mol.